The topological polar surface area (TPSA) is 28.7 Å². The summed E-state index contributed by atoms with van der Waals surface area (Å²) in [4.78, 5) is 0. The number of allylic oxidation sites excluding steroid dienone is 3. The molecule has 0 fully saturated rings. The molecular weight excluding hydrogens is 252 g/mol. The molecule has 0 spiro atoms. The monoisotopic (exact) mass is 270 g/mol. The van der Waals surface area contributed by atoms with Gasteiger partial charge in [-0.05, 0) is 61.3 Å². The van der Waals surface area contributed by atoms with Crippen LogP contribution in [0.25, 0.3) is 22.9 Å². The molecule has 2 aromatic heterocycles. The molecule has 0 radical (unpaired) electrons. The van der Waals surface area contributed by atoms with Crippen molar-refractivity contribution in [1.82, 2.24) is 10.2 Å². The van der Waals surface area contributed by atoms with Crippen molar-refractivity contribution >= 4 is 23.0 Å². The van der Waals surface area contributed by atoms with Crippen LogP contribution >= 0.6 is 11.3 Å². The van der Waals surface area contributed by atoms with Crippen molar-refractivity contribution in [2.24, 2.45) is 0 Å². The Bertz CT molecular complexity index is 616. The van der Waals surface area contributed by atoms with Crippen molar-refractivity contribution in [3.8, 4) is 11.3 Å². The van der Waals surface area contributed by atoms with E-state index in [4.69, 9.17) is 0 Å². The number of nitrogens with zero attached hydrogens (tertiary/aromatic N) is 1. The number of aromatic nitrogens is 2. The molecule has 1 N–H and O–H groups in total. The van der Waals surface area contributed by atoms with Gasteiger partial charge >= 0.3 is 0 Å². The Morgan fingerprint density at radius 1 is 1.26 bits per heavy atom. The number of hydrogen-bond acceptors (Lipinski definition) is 2. The summed E-state index contributed by atoms with van der Waals surface area (Å²) in [5.74, 6) is 0. The van der Waals surface area contributed by atoms with Crippen molar-refractivity contribution in [2.45, 2.75) is 32.6 Å². The zero-order valence-corrected chi connectivity index (χ0v) is 12.0. The number of H-pyrrole nitrogens is 1. The normalized spacial score (nSPS) is 15.9. The molecule has 98 valence electrons. The van der Waals surface area contributed by atoms with Crippen molar-refractivity contribution in [1.29, 1.82) is 0 Å². The molecule has 2 aromatic rings. The lowest BCUT2D eigenvalue weighted by molar-refractivity contribution is 0.742. The van der Waals surface area contributed by atoms with E-state index in [9.17, 15) is 0 Å². The van der Waals surface area contributed by atoms with Gasteiger partial charge < -0.3 is 0 Å². The molecule has 3 heteroatoms. The van der Waals surface area contributed by atoms with Gasteiger partial charge in [0.05, 0.1) is 11.4 Å². The molecule has 0 aromatic carbocycles. The highest BCUT2D eigenvalue weighted by atomic mass is 32.1. The molecule has 3 rings (SSSR count). The van der Waals surface area contributed by atoms with Gasteiger partial charge in [-0.2, -0.15) is 16.4 Å². The van der Waals surface area contributed by atoms with Gasteiger partial charge in [0, 0.05) is 10.9 Å². The van der Waals surface area contributed by atoms with Crippen LogP contribution in [0.4, 0.5) is 0 Å². The van der Waals surface area contributed by atoms with Gasteiger partial charge in [-0.3, -0.25) is 5.10 Å². The molecule has 0 unspecified atom stereocenters. The number of thiophene rings is 1. The predicted octanol–water partition coefficient (Wildman–Crippen LogP) is 5.13. The molecule has 0 saturated carbocycles. The second kappa shape index (κ2) is 5.57. The molecule has 0 atom stereocenters. The minimum absolute atomic E-state index is 1.05. The van der Waals surface area contributed by atoms with Gasteiger partial charge in [0.15, 0.2) is 0 Å². The van der Waals surface area contributed by atoms with Crippen molar-refractivity contribution in [2.75, 3.05) is 0 Å². The molecular formula is C16H18N2S. The van der Waals surface area contributed by atoms with Crippen LogP contribution in [-0.4, -0.2) is 10.2 Å². The first-order valence-corrected chi connectivity index (χ1v) is 7.77. The molecule has 0 aliphatic heterocycles. The summed E-state index contributed by atoms with van der Waals surface area (Å²) in [6.45, 7) is 2.02. The van der Waals surface area contributed by atoms with Crippen molar-refractivity contribution in [3.05, 3.63) is 40.2 Å². The van der Waals surface area contributed by atoms with Crippen LogP contribution in [0.15, 0.2) is 29.0 Å². The molecule has 0 amide bonds. The second-order valence-electron chi connectivity index (χ2n) is 4.88. The van der Waals surface area contributed by atoms with Crippen LogP contribution in [0.3, 0.4) is 0 Å². The fourth-order valence-electron chi connectivity index (χ4n) is 2.57. The third-order valence-corrected chi connectivity index (χ3v) is 4.26. The van der Waals surface area contributed by atoms with E-state index in [1.54, 1.807) is 11.3 Å². The lowest BCUT2D eigenvalue weighted by atomic mass is 9.92. The molecule has 0 bridgehead atoms. The Morgan fingerprint density at radius 3 is 2.95 bits per heavy atom. The van der Waals surface area contributed by atoms with E-state index in [1.807, 2.05) is 19.1 Å². The maximum Gasteiger partial charge on any atom is 0.0941 e. The van der Waals surface area contributed by atoms with Gasteiger partial charge in [0.1, 0.15) is 0 Å². The first-order chi connectivity index (χ1) is 9.38. The smallest absolute Gasteiger partial charge is 0.0941 e. The number of nitrogens with one attached hydrogen (secondary N) is 1. The average Bonchev–Trinajstić information content (AvgIpc) is 3.08. The lowest BCUT2D eigenvalue weighted by Crippen LogP contribution is -1.92. The number of hydrogen-bond donors (Lipinski definition) is 1. The first kappa shape index (κ1) is 12.4. The standard InChI is InChI=1S/C16H18N2S/c1-2-6-13-9-16(18-17-13)15-11-19-10-14(15)12-7-4-3-5-8-12/h2,6-7,9-11H,3-5,8H2,1H3,(H,17,18)/b6-2-. The van der Waals surface area contributed by atoms with Crippen LogP contribution in [0.5, 0.6) is 0 Å². The highest BCUT2D eigenvalue weighted by Gasteiger charge is 2.14. The van der Waals surface area contributed by atoms with Crippen LogP contribution in [0.2, 0.25) is 0 Å². The Kier molecular flexibility index (Phi) is 3.65. The van der Waals surface area contributed by atoms with Gasteiger partial charge in [0.25, 0.3) is 0 Å². The molecule has 2 nitrogen and oxygen atoms in total. The van der Waals surface area contributed by atoms with Gasteiger partial charge in [-0.25, -0.2) is 0 Å². The fraction of sp³-hybridized carbons (Fsp3) is 0.312. The molecule has 2 heterocycles. The summed E-state index contributed by atoms with van der Waals surface area (Å²) in [7, 11) is 0. The maximum atomic E-state index is 4.44. The summed E-state index contributed by atoms with van der Waals surface area (Å²) in [5.41, 5.74) is 6.26. The second-order valence-corrected chi connectivity index (χ2v) is 5.63. The van der Waals surface area contributed by atoms with E-state index in [2.05, 4.69) is 33.1 Å². The Hall–Kier alpha value is -1.61. The van der Waals surface area contributed by atoms with E-state index < -0.39 is 0 Å². The first-order valence-electron chi connectivity index (χ1n) is 6.82. The van der Waals surface area contributed by atoms with E-state index in [0.29, 0.717) is 0 Å². The Morgan fingerprint density at radius 2 is 2.16 bits per heavy atom. The maximum absolute atomic E-state index is 4.44. The van der Waals surface area contributed by atoms with Gasteiger partial charge in [-0.1, -0.05) is 12.2 Å². The number of rotatable bonds is 3. The largest absolute Gasteiger partial charge is 0.278 e. The average molecular weight is 270 g/mol. The molecule has 1 aliphatic carbocycles. The van der Waals surface area contributed by atoms with Crippen molar-refractivity contribution in [3.63, 3.8) is 0 Å². The zero-order valence-electron chi connectivity index (χ0n) is 11.1. The molecule has 19 heavy (non-hydrogen) atoms. The summed E-state index contributed by atoms with van der Waals surface area (Å²) in [6, 6.07) is 2.12. The van der Waals surface area contributed by atoms with E-state index in [-0.39, 0.29) is 0 Å². The van der Waals surface area contributed by atoms with Crippen LogP contribution in [-0.2, 0) is 0 Å². The summed E-state index contributed by atoms with van der Waals surface area (Å²) < 4.78 is 0. The SMILES string of the molecule is C/C=C\c1cc(-c2cscc2C2=CCCCC2)n[nH]1. The zero-order chi connectivity index (χ0) is 13.1. The van der Waals surface area contributed by atoms with Crippen molar-refractivity contribution < 1.29 is 0 Å². The highest BCUT2D eigenvalue weighted by Crippen LogP contribution is 2.36. The summed E-state index contributed by atoms with van der Waals surface area (Å²) in [6.07, 6.45) is 11.5. The Labute approximate surface area is 117 Å². The predicted molar refractivity (Wildman–Crippen MR) is 83.1 cm³/mol. The lowest BCUT2D eigenvalue weighted by Gasteiger charge is -2.12. The minimum Gasteiger partial charge on any atom is -0.278 e. The van der Waals surface area contributed by atoms with Crippen LogP contribution in [0.1, 0.15) is 43.9 Å². The van der Waals surface area contributed by atoms with E-state index in [1.165, 1.54) is 42.4 Å². The van der Waals surface area contributed by atoms with Gasteiger partial charge in [0.2, 0.25) is 0 Å². The summed E-state index contributed by atoms with van der Waals surface area (Å²) in [5, 5.41) is 12.0. The minimum atomic E-state index is 1.05. The van der Waals surface area contributed by atoms with E-state index >= 15 is 0 Å². The van der Waals surface area contributed by atoms with Crippen LogP contribution in [0, 0.1) is 0 Å². The molecule has 0 saturated heterocycles. The third kappa shape index (κ3) is 2.56. The molecule has 1 aliphatic rings. The van der Waals surface area contributed by atoms with Gasteiger partial charge in [-0.15, -0.1) is 0 Å². The van der Waals surface area contributed by atoms with Crippen LogP contribution < -0.4 is 0 Å². The Balaban J connectivity index is 1.96. The van der Waals surface area contributed by atoms with E-state index in [0.717, 1.165) is 11.4 Å². The third-order valence-electron chi connectivity index (χ3n) is 3.52. The summed E-state index contributed by atoms with van der Waals surface area (Å²) >= 11 is 1.76. The highest BCUT2D eigenvalue weighted by molar-refractivity contribution is 7.08. The number of aromatic amines is 1. The quantitative estimate of drug-likeness (QED) is 0.823. The fourth-order valence-corrected chi connectivity index (χ4v) is 3.43.